The number of fused-ring (bicyclic) bond motifs is 1. The summed E-state index contributed by atoms with van der Waals surface area (Å²) in [6.07, 6.45) is 3.10. The molecule has 2 aromatic rings. The number of nitrogens with two attached hydrogens (primary N) is 1. The third-order valence-corrected chi connectivity index (χ3v) is 5.65. The van der Waals surface area contributed by atoms with Crippen molar-refractivity contribution in [3.05, 3.63) is 53.3 Å². The highest BCUT2D eigenvalue weighted by Gasteiger charge is 2.41. The number of pyridine rings is 1. The standard InChI is InChI=1S/C18H15N3O4S/c19-16(22)14-8-11(5-6-20-14)25-10-2-4-12-9(7-10)1-3-13(12)15-17(23)21-18(24)26-15/h2,4-8,13,15H,1,3H2,(H2,19,22)(H,21,23,24)/t13-,15?/m1/s1. The number of carbonyl (C=O) groups is 3. The summed E-state index contributed by atoms with van der Waals surface area (Å²) in [5.41, 5.74) is 7.54. The highest BCUT2D eigenvalue weighted by molar-refractivity contribution is 8.15. The lowest BCUT2D eigenvalue weighted by Gasteiger charge is -2.16. The first-order valence-corrected chi connectivity index (χ1v) is 8.97. The number of imide groups is 1. The molecule has 8 heteroatoms. The fourth-order valence-corrected chi connectivity index (χ4v) is 4.39. The predicted octanol–water partition coefficient (Wildman–Crippen LogP) is 2.35. The Bertz CT molecular complexity index is 930. The second kappa shape index (κ2) is 6.45. The number of aromatic nitrogens is 1. The molecule has 3 amide bonds. The summed E-state index contributed by atoms with van der Waals surface area (Å²) in [6.45, 7) is 0. The summed E-state index contributed by atoms with van der Waals surface area (Å²) in [5.74, 6) is 0.297. The average Bonchev–Trinajstić information content (AvgIpc) is 3.17. The van der Waals surface area contributed by atoms with E-state index in [2.05, 4.69) is 10.3 Å². The van der Waals surface area contributed by atoms with Crippen molar-refractivity contribution < 1.29 is 19.1 Å². The zero-order valence-corrected chi connectivity index (χ0v) is 14.4. The van der Waals surface area contributed by atoms with Gasteiger partial charge in [0, 0.05) is 18.2 Å². The quantitative estimate of drug-likeness (QED) is 0.856. The molecule has 2 aliphatic rings. The third-order valence-electron chi connectivity index (χ3n) is 4.54. The first-order chi connectivity index (χ1) is 12.5. The van der Waals surface area contributed by atoms with E-state index in [1.165, 1.54) is 12.3 Å². The summed E-state index contributed by atoms with van der Waals surface area (Å²) in [7, 11) is 0. The lowest BCUT2D eigenvalue weighted by Crippen LogP contribution is -2.27. The van der Waals surface area contributed by atoms with Crippen molar-refractivity contribution in [3.63, 3.8) is 0 Å². The SMILES string of the molecule is NC(=O)c1cc(Oc2ccc3c(c2)CC[C@H]3C2SC(=O)NC2=O)ccn1. The van der Waals surface area contributed by atoms with Gasteiger partial charge in [-0.1, -0.05) is 17.8 Å². The van der Waals surface area contributed by atoms with Crippen LogP contribution in [0.2, 0.25) is 0 Å². The van der Waals surface area contributed by atoms with Crippen LogP contribution in [0.5, 0.6) is 11.5 Å². The van der Waals surface area contributed by atoms with Gasteiger partial charge in [0.05, 0.1) is 0 Å². The van der Waals surface area contributed by atoms with E-state index in [0.717, 1.165) is 35.7 Å². The Labute approximate surface area is 153 Å². The maximum atomic E-state index is 12.0. The van der Waals surface area contributed by atoms with Crippen LogP contribution in [0, 0.1) is 0 Å². The van der Waals surface area contributed by atoms with E-state index >= 15 is 0 Å². The van der Waals surface area contributed by atoms with Gasteiger partial charge in [0.1, 0.15) is 22.4 Å². The van der Waals surface area contributed by atoms with Gasteiger partial charge in [-0.2, -0.15) is 0 Å². The van der Waals surface area contributed by atoms with Crippen molar-refractivity contribution in [1.82, 2.24) is 10.3 Å². The van der Waals surface area contributed by atoms with Crippen molar-refractivity contribution in [3.8, 4) is 11.5 Å². The van der Waals surface area contributed by atoms with Crippen LogP contribution in [0.1, 0.15) is 34.0 Å². The molecular formula is C18H15N3O4S. The molecule has 2 atom stereocenters. The number of nitrogens with one attached hydrogen (secondary N) is 1. The Balaban J connectivity index is 1.55. The molecule has 3 N–H and O–H groups in total. The topological polar surface area (TPSA) is 111 Å². The first-order valence-electron chi connectivity index (χ1n) is 8.09. The maximum absolute atomic E-state index is 12.0. The zero-order chi connectivity index (χ0) is 18.3. The summed E-state index contributed by atoms with van der Waals surface area (Å²) in [5, 5.41) is 1.70. The number of nitrogens with zero attached hydrogens (tertiary/aromatic N) is 1. The number of benzene rings is 1. The number of carbonyl (C=O) groups excluding carboxylic acids is 3. The summed E-state index contributed by atoms with van der Waals surface area (Å²) in [6, 6.07) is 8.83. The normalized spacial score (nSPS) is 21.4. The fraction of sp³-hybridized carbons (Fsp3) is 0.222. The minimum Gasteiger partial charge on any atom is -0.457 e. The average molecular weight is 369 g/mol. The molecule has 0 radical (unpaired) electrons. The molecule has 26 heavy (non-hydrogen) atoms. The number of ether oxygens (including phenoxy) is 1. The summed E-state index contributed by atoms with van der Waals surface area (Å²) in [4.78, 5) is 38.5. The molecule has 2 heterocycles. The molecular weight excluding hydrogens is 354 g/mol. The number of hydrogen-bond donors (Lipinski definition) is 2. The van der Waals surface area contributed by atoms with Crippen LogP contribution in [0.4, 0.5) is 4.79 Å². The summed E-state index contributed by atoms with van der Waals surface area (Å²) >= 11 is 1.06. The Morgan fingerprint density at radius 1 is 1.23 bits per heavy atom. The number of thioether (sulfide) groups is 1. The Kier molecular flexibility index (Phi) is 4.12. The molecule has 1 aromatic heterocycles. The summed E-state index contributed by atoms with van der Waals surface area (Å²) < 4.78 is 5.81. The van der Waals surface area contributed by atoms with Gasteiger partial charge in [0.15, 0.2) is 0 Å². The van der Waals surface area contributed by atoms with Gasteiger partial charge in [-0.3, -0.25) is 24.7 Å². The van der Waals surface area contributed by atoms with Crippen LogP contribution >= 0.6 is 11.8 Å². The van der Waals surface area contributed by atoms with Crippen molar-refractivity contribution in [1.29, 1.82) is 0 Å². The van der Waals surface area contributed by atoms with Gasteiger partial charge < -0.3 is 10.5 Å². The molecule has 1 saturated heterocycles. The van der Waals surface area contributed by atoms with Crippen LogP contribution < -0.4 is 15.8 Å². The van der Waals surface area contributed by atoms with Crippen LogP contribution in [-0.4, -0.2) is 27.3 Å². The van der Waals surface area contributed by atoms with E-state index in [9.17, 15) is 14.4 Å². The molecule has 132 valence electrons. The Morgan fingerprint density at radius 3 is 2.77 bits per heavy atom. The monoisotopic (exact) mass is 369 g/mol. The number of rotatable bonds is 4. The second-order valence-corrected chi connectivity index (χ2v) is 7.28. The maximum Gasteiger partial charge on any atom is 0.286 e. The van der Waals surface area contributed by atoms with Crippen LogP contribution in [0.15, 0.2) is 36.5 Å². The van der Waals surface area contributed by atoms with E-state index in [0.29, 0.717) is 11.5 Å². The molecule has 0 bridgehead atoms. The minimum atomic E-state index is -0.617. The van der Waals surface area contributed by atoms with Crippen LogP contribution in [-0.2, 0) is 11.2 Å². The molecule has 1 unspecified atom stereocenters. The molecule has 0 saturated carbocycles. The fourth-order valence-electron chi connectivity index (χ4n) is 3.39. The lowest BCUT2D eigenvalue weighted by molar-refractivity contribution is -0.119. The van der Waals surface area contributed by atoms with Gasteiger partial charge in [-0.25, -0.2) is 0 Å². The smallest absolute Gasteiger partial charge is 0.286 e. The molecule has 1 aliphatic heterocycles. The van der Waals surface area contributed by atoms with Crippen molar-refractivity contribution in [2.24, 2.45) is 5.73 Å². The van der Waals surface area contributed by atoms with Crippen LogP contribution in [0.25, 0.3) is 0 Å². The van der Waals surface area contributed by atoms with E-state index in [1.807, 2.05) is 18.2 Å². The molecule has 7 nitrogen and oxygen atoms in total. The van der Waals surface area contributed by atoms with E-state index < -0.39 is 5.91 Å². The first kappa shape index (κ1) is 16.6. The highest BCUT2D eigenvalue weighted by atomic mass is 32.2. The van der Waals surface area contributed by atoms with Crippen LogP contribution in [0.3, 0.4) is 0 Å². The highest BCUT2D eigenvalue weighted by Crippen LogP contribution is 2.43. The molecule has 0 spiro atoms. The van der Waals surface area contributed by atoms with Gasteiger partial charge in [-0.05, 0) is 42.2 Å². The number of amides is 3. The van der Waals surface area contributed by atoms with Crippen molar-refractivity contribution in [2.45, 2.75) is 24.0 Å². The van der Waals surface area contributed by atoms with Gasteiger partial charge >= 0.3 is 0 Å². The van der Waals surface area contributed by atoms with Crippen molar-refractivity contribution in [2.75, 3.05) is 0 Å². The molecule has 1 aromatic carbocycles. The van der Waals surface area contributed by atoms with Crippen molar-refractivity contribution >= 4 is 28.8 Å². The van der Waals surface area contributed by atoms with Gasteiger partial charge in [-0.15, -0.1) is 0 Å². The molecule has 4 rings (SSSR count). The number of aryl methyl sites for hydroxylation is 1. The van der Waals surface area contributed by atoms with Gasteiger partial charge in [0.2, 0.25) is 5.91 Å². The molecule has 1 fully saturated rings. The molecule has 1 aliphatic carbocycles. The lowest BCUT2D eigenvalue weighted by atomic mass is 9.97. The largest absolute Gasteiger partial charge is 0.457 e. The van der Waals surface area contributed by atoms with E-state index in [-0.39, 0.29) is 28.0 Å². The minimum absolute atomic E-state index is 0.0258. The van der Waals surface area contributed by atoms with Gasteiger partial charge in [0.25, 0.3) is 11.1 Å². The van der Waals surface area contributed by atoms with E-state index in [4.69, 9.17) is 10.5 Å². The Hall–Kier alpha value is -2.87. The second-order valence-electron chi connectivity index (χ2n) is 6.16. The van der Waals surface area contributed by atoms with E-state index in [1.54, 1.807) is 6.07 Å². The zero-order valence-electron chi connectivity index (χ0n) is 13.6. The third kappa shape index (κ3) is 3.03. The predicted molar refractivity (Wildman–Crippen MR) is 95.3 cm³/mol. The number of primary amides is 1. The number of hydrogen-bond acceptors (Lipinski definition) is 6. The Morgan fingerprint density at radius 2 is 2.04 bits per heavy atom.